The van der Waals surface area contributed by atoms with Crippen LogP contribution in [-0.4, -0.2) is 0 Å². The minimum atomic E-state index is 0.611. The lowest BCUT2D eigenvalue weighted by molar-refractivity contribution is 1.27. The van der Waals surface area contributed by atoms with Crippen LogP contribution in [0.4, 0.5) is 0 Å². The zero-order valence-corrected chi connectivity index (χ0v) is 3.42. The van der Waals surface area contributed by atoms with Crippen LogP contribution in [0.25, 0.3) is 0 Å². The van der Waals surface area contributed by atoms with Crippen molar-refractivity contribution in [2.45, 2.75) is 6.92 Å². The Bertz CT molecular complexity index is 10.8. The van der Waals surface area contributed by atoms with E-state index in [4.69, 9.17) is 5.73 Å². The van der Waals surface area contributed by atoms with Crippen LogP contribution in [-0.2, 0) is 0 Å². The normalized spacial score (nSPS) is 9.00. The lowest BCUT2D eigenvalue weighted by Gasteiger charge is -1.78. The first-order valence-electron chi connectivity index (χ1n) is 1.01. The highest BCUT2D eigenvalue weighted by Gasteiger charge is 1.70. The first-order chi connectivity index (χ1) is 1.73. The van der Waals surface area contributed by atoms with Crippen molar-refractivity contribution in [2.75, 3.05) is 0 Å². The van der Waals surface area contributed by atoms with Crippen LogP contribution in [0.3, 0.4) is 0 Å². The van der Waals surface area contributed by atoms with Crippen LogP contribution in [0.15, 0.2) is 0 Å². The molecule has 0 aromatic rings. The number of thiol groups is 1. The van der Waals surface area contributed by atoms with Gasteiger partial charge in [0.2, 0.25) is 0 Å². The largest absolute Gasteiger partial charge is 0.315 e. The molecule has 2 heteroatoms. The van der Waals surface area contributed by atoms with Crippen LogP contribution in [0, 0.1) is 5.37 Å². The second kappa shape index (κ2) is 1.61. The van der Waals surface area contributed by atoms with Crippen molar-refractivity contribution in [2.24, 2.45) is 5.73 Å². The Morgan fingerprint density at radius 2 is 2.00 bits per heavy atom. The Kier molecular flexibility index (Phi) is 1.74. The predicted octanol–water partition coefficient (Wildman–Crippen LogP) is 0.384. The van der Waals surface area contributed by atoms with Gasteiger partial charge in [0, 0.05) is 0 Å². The molecular weight excluding hydrogens is 70.1 g/mol. The molecule has 0 unspecified atom stereocenters. The average molecular weight is 76.1 g/mol. The molecule has 0 aromatic carbocycles. The van der Waals surface area contributed by atoms with Crippen molar-refractivity contribution in [3.8, 4) is 0 Å². The van der Waals surface area contributed by atoms with Gasteiger partial charge in [-0.15, -0.1) is 0 Å². The topological polar surface area (TPSA) is 26.0 Å². The van der Waals surface area contributed by atoms with E-state index in [1.54, 1.807) is 6.92 Å². The fourth-order valence-corrected chi connectivity index (χ4v) is 0. The van der Waals surface area contributed by atoms with Gasteiger partial charge in [-0.3, -0.25) is 0 Å². The minimum Gasteiger partial charge on any atom is -0.315 e. The van der Waals surface area contributed by atoms with E-state index < -0.39 is 0 Å². The molecule has 0 saturated carbocycles. The molecule has 0 amide bonds. The lowest BCUT2D eigenvalue weighted by atomic mass is 10.8. The SMILES string of the molecule is C[C](N)S. The second-order valence-electron chi connectivity index (χ2n) is 0.641. The molecule has 0 spiro atoms. The molecule has 0 bridgehead atoms. The van der Waals surface area contributed by atoms with E-state index in [1.807, 2.05) is 0 Å². The fourth-order valence-electron chi connectivity index (χ4n) is 0. The van der Waals surface area contributed by atoms with E-state index >= 15 is 0 Å². The smallest absolute Gasteiger partial charge is 0.0834 e. The third-order valence-corrected chi connectivity index (χ3v) is 0. The van der Waals surface area contributed by atoms with Gasteiger partial charge in [-0.2, -0.15) is 12.6 Å². The van der Waals surface area contributed by atoms with E-state index in [0.717, 1.165) is 0 Å². The Morgan fingerprint density at radius 3 is 2.00 bits per heavy atom. The molecule has 4 heavy (non-hydrogen) atoms. The fraction of sp³-hybridized carbons (Fsp3) is 0.500. The van der Waals surface area contributed by atoms with E-state index in [2.05, 4.69) is 12.6 Å². The maximum absolute atomic E-state index is 4.89. The number of nitrogens with two attached hydrogens (primary N) is 1. The molecule has 0 aliphatic carbocycles. The molecule has 0 atom stereocenters. The molecule has 0 saturated heterocycles. The number of hydrogen-bond donors (Lipinski definition) is 2. The van der Waals surface area contributed by atoms with E-state index in [9.17, 15) is 0 Å². The summed E-state index contributed by atoms with van der Waals surface area (Å²) in [6.07, 6.45) is 0. The molecule has 0 heterocycles. The summed E-state index contributed by atoms with van der Waals surface area (Å²) >= 11 is 3.66. The highest BCUT2D eigenvalue weighted by molar-refractivity contribution is 7.83. The van der Waals surface area contributed by atoms with Crippen molar-refractivity contribution in [1.29, 1.82) is 0 Å². The third-order valence-electron chi connectivity index (χ3n) is 0. The maximum Gasteiger partial charge on any atom is 0.0834 e. The molecular formula is C2H6NS. The molecule has 1 nitrogen and oxygen atoms in total. The molecule has 0 aromatic heterocycles. The van der Waals surface area contributed by atoms with Crippen LogP contribution in [0.1, 0.15) is 6.92 Å². The minimum absolute atomic E-state index is 0.611. The quantitative estimate of drug-likeness (QED) is 0.401. The zero-order chi connectivity index (χ0) is 3.58. The van der Waals surface area contributed by atoms with Gasteiger partial charge in [-0.1, -0.05) is 0 Å². The number of rotatable bonds is 0. The van der Waals surface area contributed by atoms with E-state index in [1.165, 1.54) is 0 Å². The molecule has 1 radical (unpaired) electrons. The summed E-state index contributed by atoms with van der Waals surface area (Å²) in [5.41, 5.74) is 4.89. The summed E-state index contributed by atoms with van der Waals surface area (Å²) in [4.78, 5) is 0. The van der Waals surface area contributed by atoms with Crippen LogP contribution < -0.4 is 5.73 Å². The second-order valence-corrected chi connectivity index (χ2v) is 1.35. The van der Waals surface area contributed by atoms with Crippen molar-refractivity contribution >= 4 is 12.6 Å². The average Bonchev–Trinajstić information content (AvgIpc) is 0.811. The standard InChI is InChI=1S/C2H6NS/c1-2(3)4/h4H,3H2,1H3. The van der Waals surface area contributed by atoms with Crippen molar-refractivity contribution in [3.05, 3.63) is 5.37 Å². The summed E-state index contributed by atoms with van der Waals surface area (Å²) in [7, 11) is 0. The van der Waals surface area contributed by atoms with Crippen molar-refractivity contribution in [3.63, 3.8) is 0 Å². The summed E-state index contributed by atoms with van der Waals surface area (Å²) < 4.78 is 0. The molecule has 0 aliphatic heterocycles. The Labute approximate surface area is 31.6 Å². The predicted molar refractivity (Wildman–Crippen MR) is 22.1 cm³/mol. The summed E-state index contributed by atoms with van der Waals surface area (Å²) in [6, 6.07) is 0. The zero-order valence-electron chi connectivity index (χ0n) is 2.52. The van der Waals surface area contributed by atoms with Crippen LogP contribution >= 0.6 is 12.6 Å². The Balaban J connectivity index is 2.32. The van der Waals surface area contributed by atoms with Gasteiger partial charge in [-0.25, -0.2) is 0 Å². The Hall–Kier alpha value is 0.310. The Morgan fingerprint density at radius 1 is 2.00 bits per heavy atom. The van der Waals surface area contributed by atoms with Gasteiger partial charge in [0.1, 0.15) is 0 Å². The lowest BCUT2D eigenvalue weighted by Crippen LogP contribution is -1.91. The van der Waals surface area contributed by atoms with E-state index in [-0.39, 0.29) is 0 Å². The van der Waals surface area contributed by atoms with Crippen molar-refractivity contribution < 1.29 is 0 Å². The first kappa shape index (κ1) is 4.31. The maximum atomic E-state index is 4.89. The highest BCUT2D eigenvalue weighted by atomic mass is 32.1. The first-order valence-corrected chi connectivity index (χ1v) is 1.46. The monoisotopic (exact) mass is 76.0 g/mol. The van der Waals surface area contributed by atoms with Gasteiger partial charge in [0.15, 0.2) is 0 Å². The number of hydrogen-bond acceptors (Lipinski definition) is 2. The van der Waals surface area contributed by atoms with Gasteiger partial charge in [0.05, 0.1) is 5.37 Å². The van der Waals surface area contributed by atoms with Gasteiger partial charge in [-0.05, 0) is 6.92 Å². The van der Waals surface area contributed by atoms with Crippen LogP contribution in [0.5, 0.6) is 0 Å². The van der Waals surface area contributed by atoms with Gasteiger partial charge >= 0.3 is 0 Å². The summed E-state index contributed by atoms with van der Waals surface area (Å²) in [6.45, 7) is 1.73. The molecule has 0 rings (SSSR count). The molecule has 0 aliphatic rings. The van der Waals surface area contributed by atoms with Gasteiger partial charge in [0.25, 0.3) is 0 Å². The van der Waals surface area contributed by atoms with Crippen molar-refractivity contribution in [1.82, 2.24) is 0 Å². The highest BCUT2D eigenvalue weighted by Crippen LogP contribution is 1.85. The molecule has 2 N–H and O–H groups in total. The molecule has 25 valence electrons. The third kappa shape index (κ3) is 41.3. The van der Waals surface area contributed by atoms with E-state index in [0.29, 0.717) is 5.37 Å². The molecule has 0 fully saturated rings. The summed E-state index contributed by atoms with van der Waals surface area (Å²) in [5, 5.41) is 0.611. The van der Waals surface area contributed by atoms with Crippen LogP contribution in [0.2, 0.25) is 0 Å². The van der Waals surface area contributed by atoms with Gasteiger partial charge < -0.3 is 5.73 Å². The summed E-state index contributed by atoms with van der Waals surface area (Å²) in [5.74, 6) is 0.